The number of aliphatic carboxylic acids is 1. The van der Waals surface area contributed by atoms with E-state index in [1.807, 2.05) is 13.8 Å². The molecule has 0 saturated carbocycles. The first-order valence-electron chi connectivity index (χ1n) is 10.7. The van der Waals surface area contributed by atoms with Crippen LogP contribution in [0, 0.1) is 5.92 Å². The van der Waals surface area contributed by atoms with Gasteiger partial charge in [0.15, 0.2) is 0 Å². The Morgan fingerprint density at radius 1 is 0.846 bits per heavy atom. The Balaban J connectivity index is 3.94. The Morgan fingerprint density at radius 3 is 1.92 bits per heavy atom. The van der Waals surface area contributed by atoms with Crippen LogP contribution in [0.25, 0.3) is 0 Å². The molecule has 0 rings (SSSR count). The molecule has 1 unspecified atom stereocenters. The first kappa shape index (κ1) is 24.7. The van der Waals surface area contributed by atoms with Crippen molar-refractivity contribution in [2.75, 3.05) is 13.1 Å². The topological polar surface area (TPSA) is 57.6 Å². The summed E-state index contributed by atoms with van der Waals surface area (Å²) in [6.45, 7) is 7.39. The zero-order chi connectivity index (χ0) is 19.6. The molecule has 0 saturated heterocycles. The van der Waals surface area contributed by atoms with E-state index in [1.165, 1.54) is 51.4 Å². The lowest BCUT2D eigenvalue weighted by Gasteiger charge is -2.24. The smallest absolute Gasteiger partial charge is 0.304 e. The largest absolute Gasteiger partial charge is 0.481 e. The average Bonchev–Trinajstić information content (AvgIpc) is 2.62. The van der Waals surface area contributed by atoms with E-state index in [4.69, 9.17) is 5.11 Å². The molecule has 1 N–H and O–H groups in total. The predicted octanol–water partition coefficient (Wildman–Crippen LogP) is 5.81. The van der Waals surface area contributed by atoms with Crippen LogP contribution in [0.5, 0.6) is 0 Å². The third kappa shape index (κ3) is 13.0. The molecular formula is C22H41NO3. The van der Waals surface area contributed by atoms with Gasteiger partial charge in [0.1, 0.15) is 0 Å². The first-order chi connectivity index (χ1) is 12.6. The number of hydrogen-bond donors (Lipinski definition) is 1. The lowest BCUT2D eigenvalue weighted by atomic mass is 9.97. The molecular weight excluding hydrogens is 326 g/mol. The highest BCUT2D eigenvalue weighted by Crippen LogP contribution is 2.16. The SMILES string of the molecule is CCCCCCCCCC/C=C/CCC(CC(=O)O)C(=O)N(CC)CC. The minimum absolute atomic E-state index is 0.0196. The van der Waals surface area contributed by atoms with Gasteiger partial charge in [-0.05, 0) is 39.5 Å². The highest BCUT2D eigenvalue weighted by Gasteiger charge is 2.24. The van der Waals surface area contributed by atoms with Crippen molar-refractivity contribution in [2.45, 2.75) is 97.8 Å². The Morgan fingerprint density at radius 2 is 1.38 bits per heavy atom. The van der Waals surface area contributed by atoms with Crippen LogP contribution >= 0.6 is 0 Å². The summed E-state index contributed by atoms with van der Waals surface area (Å²) < 4.78 is 0. The van der Waals surface area contributed by atoms with E-state index in [9.17, 15) is 9.59 Å². The van der Waals surface area contributed by atoms with E-state index >= 15 is 0 Å². The Bertz CT molecular complexity index is 389. The molecule has 1 amide bonds. The second-order valence-electron chi connectivity index (χ2n) is 7.12. The van der Waals surface area contributed by atoms with E-state index in [0.29, 0.717) is 19.5 Å². The van der Waals surface area contributed by atoms with Crippen molar-refractivity contribution in [3.05, 3.63) is 12.2 Å². The van der Waals surface area contributed by atoms with E-state index in [0.717, 1.165) is 12.8 Å². The standard InChI is InChI=1S/C22H41NO3/c1-4-7-8-9-10-11-12-13-14-15-16-17-18-20(19-21(24)25)22(26)23(5-2)6-3/h15-16,20H,4-14,17-19H2,1-3H3,(H,24,25)/b16-15+. The number of rotatable bonds is 17. The average molecular weight is 368 g/mol. The molecule has 4 heteroatoms. The number of allylic oxidation sites excluding steroid dienone is 2. The summed E-state index contributed by atoms with van der Waals surface area (Å²) in [5.41, 5.74) is 0. The van der Waals surface area contributed by atoms with Crippen molar-refractivity contribution in [2.24, 2.45) is 5.92 Å². The summed E-state index contributed by atoms with van der Waals surface area (Å²) in [5, 5.41) is 9.06. The van der Waals surface area contributed by atoms with Gasteiger partial charge in [-0.25, -0.2) is 0 Å². The number of nitrogens with zero attached hydrogens (tertiary/aromatic N) is 1. The van der Waals surface area contributed by atoms with Crippen molar-refractivity contribution in [3.63, 3.8) is 0 Å². The molecule has 4 nitrogen and oxygen atoms in total. The highest BCUT2D eigenvalue weighted by atomic mass is 16.4. The molecule has 0 aliphatic carbocycles. The number of unbranched alkanes of at least 4 members (excludes halogenated alkanes) is 8. The number of carbonyl (C=O) groups excluding carboxylic acids is 1. The van der Waals surface area contributed by atoms with Gasteiger partial charge in [0.05, 0.1) is 6.42 Å². The summed E-state index contributed by atoms with van der Waals surface area (Å²) in [6.07, 6.45) is 17.3. The quantitative estimate of drug-likeness (QED) is 0.260. The lowest BCUT2D eigenvalue weighted by Crippen LogP contribution is -2.36. The fourth-order valence-corrected chi connectivity index (χ4v) is 3.25. The van der Waals surface area contributed by atoms with Gasteiger partial charge >= 0.3 is 5.97 Å². The third-order valence-electron chi connectivity index (χ3n) is 4.92. The second-order valence-corrected chi connectivity index (χ2v) is 7.12. The number of amides is 1. The van der Waals surface area contributed by atoms with Crippen molar-refractivity contribution < 1.29 is 14.7 Å². The van der Waals surface area contributed by atoms with Gasteiger partial charge in [0.25, 0.3) is 0 Å². The number of carboxylic acids is 1. The van der Waals surface area contributed by atoms with Crippen LogP contribution in [0.3, 0.4) is 0 Å². The van der Waals surface area contributed by atoms with Crippen LogP contribution in [0.2, 0.25) is 0 Å². The molecule has 0 spiro atoms. The van der Waals surface area contributed by atoms with Crippen LogP contribution in [0.15, 0.2) is 12.2 Å². The van der Waals surface area contributed by atoms with Crippen LogP contribution in [0.1, 0.15) is 97.8 Å². The zero-order valence-corrected chi connectivity index (χ0v) is 17.3. The van der Waals surface area contributed by atoms with E-state index < -0.39 is 11.9 Å². The summed E-state index contributed by atoms with van der Waals surface area (Å²) in [6, 6.07) is 0. The van der Waals surface area contributed by atoms with Crippen LogP contribution in [-0.2, 0) is 9.59 Å². The zero-order valence-electron chi connectivity index (χ0n) is 17.3. The van der Waals surface area contributed by atoms with Crippen molar-refractivity contribution in [1.82, 2.24) is 4.90 Å². The molecule has 0 aliphatic rings. The monoisotopic (exact) mass is 367 g/mol. The molecule has 0 aromatic carbocycles. The van der Waals surface area contributed by atoms with Gasteiger partial charge in [-0.3, -0.25) is 9.59 Å². The fraction of sp³-hybridized carbons (Fsp3) is 0.818. The highest BCUT2D eigenvalue weighted by molar-refractivity contribution is 5.83. The number of carbonyl (C=O) groups is 2. The molecule has 0 bridgehead atoms. The molecule has 0 heterocycles. The van der Waals surface area contributed by atoms with E-state index in [-0.39, 0.29) is 12.3 Å². The van der Waals surface area contributed by atoms with Gasteiger partial charge in [-0.2, -0.15) is 0 Å². The van der Waals surface area contributed by atoms with Gasteiger partial charge in [0.2, 0.25) is 5.91 Å². The molecule has 26 heavy (non-hydrogen) atoms. The normalized spacial score (nSPS) is 12.4. The number of hydrogen-bond acceptors (Lipinski definition) is 2. The van der Waals surface area contributed by atoms with Gasteiger partial charge in [0, 0.05) is 19.0 Å². The summed E-state index contributed by atoms with van der Waals surface area (Å²) in [4.78, 5) is 25.2. The maximum Gasteiger partial charge on any atom is 0.304 e. The molecule has 0 radical (unpaired) electrons. The Labute approximate surface area is 161 Å². The lowest BCUT2D eigenvalue weighted by molar-refractivity contribution is -0.144. The van der Waals surface area contributed by atoms with E-state index in [2.05, 4.69) is 19.1 Å². The fourth-order valence-electron chi connectivity index (χ4n) is 3.25. The summed E-state index contributed by atoms with van der Waals surface area (Å²) in [5.74, 6) is -1.31. The van der Waals surface area contributed by atoms with Crippen LogP contribution in [0.4, 0.5) is 0 Å². The van der Waals surface area contributed by atoms with Gasteiger partial charge in [-0.1, -0.05) is 64.0 Å². The van der Waals surface area contributed by atoms with E-state index in [1.54, 1.807) is 4.90 Å². The first-order valence-corrected chi connectivity index (χ1v) is 10.7. The molecule has 152 valence electrons. The molecule has 0 aliphatic heterocycles. The van der Waals surface area contributed by atoms with Gasteiger partial charge < -0.3 is 10.0 Å². The molecule has 0 fully saturated rings. The van der Waals surface area contributed by atoms with Crippen molar-refractivity contribution in [1.29, 1.82) is 0 Å². The Hall–Kier alpha value is -1.32. The molecule has 1 atom stereocenters. The summed E-state index contributed by atoms with van der Waals surface area (Å²) in [7, 11) is 0. The van der Waals surface area contributed by atoms with Crippen molar-refractivity contribution >= 4 is 11.9 Å². The van der Waals surface area contributed by atoms with Crippen LogP contribution in [-0.4, -0.2) is 35.0 Å². The summed E-state index contributed by atoms with van der Waals surface area (Å²) >= 11 is 0. The third-order valence-corrected chi connectivity index (χ3v) is 4.92. The van der Waals surface area contributed by atoms with Crippen LogP contribution < -0.4 is 0 Å². The number of carboxylic acid groups (broad SMARTS) is 1. The van der Waals surface area contributed by atoms with Crippen molar-refractivity contribution in [3.8, 4) is 0 Å². The second kappa shape index (κ2) is 17.1. The van der Waals surface area contributed by atoms with Gasteiger partial charge in [-0.15, -0.1) is 0 Å². The maximum absolute atomic E-state index is 12.4. The molecule has 0 aromatic rings. The Kier molecular flexibility index (Phi) is 16.2. The molecule has 0 aromatic heterocycles. The minimum Gasteiger partial charge on any atom is -0.481 e. The maximum atomic E-state index is 12.4. The minimum atomic E-state index is -0.890. The predicted molar refractivity (Wildman–Crippen MR) is 109 cm³/mol.